The van der Waals surface area contributed by atoms with Crippen molar-refractivity contribution in [1.82, 2.24) is 9.55 Å². The van der Waals surface area contributed by atoms with Gasteiger partial charge in [0.15, 0.2) is 5.78 Å². The van der Waals surface area contributed by atoms with Crippen LogP contribution in [0.3, 0.4) is 0 Å². The summed E-state index contributed by atoms with van der Waals surface area (Å²) in [7, 11) is 0. The molecule has 0 saturated carbocycles. The van der Waals surface area contributed by atoms with Gasteiger partial charge in [0.05, 0.1) is 12.9 Å². The summed E-state index contributed by atoms with van der Waals surface area (Å²) in [6.45, 7) is 3.85. The second kappa shape index (κ2) is 4.96. The Morgan fingerprint density at radius 3 is 2.78 bits per heavy atom. The number of hydrogen-bond donors (Lipinski definition) is 0. The molecule has 0 atom stereocenters. The van der Waals surface area contributed by atoms with Crippen LogP contribution in [0, 0.1) is 13.8 Å². The molecule has 0 amide bonds. The second-order valence-corrected chi connectivity index (χ2v) is 4.29. The highest BCUT2D eigenvalue weighted by molar-refractivity contribution is 5.97. The van der Waals surface area contributed by atoms with Crippen molar-refractivity contribution in [3.8, 4) is 0 Å². The van der Waals surface area contributed by atoms with Gasteiger partial charge in [-0.2, -0.15) is 0 Å². The fraction of sp³-hybridized carbons (Fsp3) is 0.214. The molecule has 4 heteroatoms. The largest absolute Gasteiger partial charge is 0.292 e. The van der Waals surface area contributed by atoms with Crippen LogP contribution in [-0.4, -0.2) is 15.3 Å². The third kappa shape index (κ3) is 2.53. The number of nitrogens with zero attached hydrogens (tertiary/aromatic N) is 2. The standard InChI is InChI=1S/C14H14N2O2/c1-10-3-4-11(2)12(7-10)13(17)8-16-9-15-6-5-14(16)18/h3-7,9H,8H2,1-2H3. The fourth-order valence-electron chi connectivity index (χ4n) is 1.77. The predicted molar refractivity (Wildman–Crippen MR) is 68.7 cm³/mol. The van der Waals surface area contributed by atoms with Crippen LogP contribution in [0.25, 0.3) is 0 Å². The number of carbonyl (C=O) groups is 1. The Labute approximate surface area is 105 Å². The molecule has 2 aromatic rings. The van der Waals surface area contributed by atoms with Gasteiger partial charge in [-0.25, -0.2) is 4.98 Å². The molecule has 1 heterocycles. The highest BCUT2D eigenvalue weighted by atomic mass is 16.1. The lowest BCUT2D eigenvalue weighted by Crippen LogP contribution is -2.23. The van der Waals surface area contributed by atoms with Crippen LogP contribution in [0.1, 0.15) is 21.5 Å². The Morgan fingerprint density at radius 2 is 2.06 bits per heavy atom. The zero-order valence-corrected chi connectivity index (χ0v) is 10.4. The Morgan fingerprint density at radius 1 is 1.28 bits per heavy atom. The first-order chi connectivity index (χ1) is 8.58. The van der Waals surface area contributed by atoms with Crippen LogP contribution in [0.5, 0.6) is 0 Å². The molecule has 0 N–H and O–H groups in total. The molecule has 92 valence electrons. The first-order valence-electron chi connectivity index (χ1n) is 5.69. The molecule has 0 radical (unpaired) electrons. The van der Waals surface area contributed by atoms with Crippen LogP contribution in [-0.2, 0) is 6.54 Å². The molecule has 0 aliphatic rings. The maximum absolute atomic E-state index is 12.2. The number of carbonyl (C=O) groups excluding carboxylic acids is 1. The fourth-order valence-corrected chi connectivity index (χ4v) is 1.77. The monoisotopic (exact) mass is 242 g/mol. The summed E-state index contributed by atoms with van der Waals surface area (Å²) >= 11 is 0. The molecule has 1 aromatic heterocycles. The van der Waals surface area contributed by atoms with Gasteiger partial charge >= 0.3 is 0 Å². The number of aromatic nitrogens is 2. The van der Waals surface area contributed by atoms with Crippen LogP contribution in [0.15, 0.2) is 41.6 Å². The minimum absolute atomic E-state index is 0.0248. The Balaban J connectivity index is 2.31. The third-order valence-corrected chi connectivity index (χ3v) is 2.80. The van der Waals surface area contributed by atoms with E-state index in [1.807, 2.05) is 32.0 Å². The molecule has 0 aliphatic carbocycles. The molecule has 0 saturated heterocycles. The number of ketones is 1. The van der Waals surface area contributed by atoms with Gasteiger partial charge in [-0.3, -0.25) is 14.2 Å². The van der Waals surface area contributed by atoms with Gasteiger partial charge < -0.3 is 0 Å². The van der Waals surface area contributed by atoms with E-state index < -0.39 is 0 Å². The van der Waals surface area contributed by atoms with Crippen molar-refractivity contribution in [1.29, 1.82) is 0 Å². The molecule has 0 unspecified atom stereocenters. The highest BCUT2D eigenvalue weighted by Gasteiger charge is 2.10. The lowest BCUT2D eigenvalue weighted by molar-refractivity contribution is 0.0969. The van der Waals surface area contributed by atoms with Gasteiger partial charge in [0.25, 0.3) is 5.56 Å². The summed E-state index contributed by atoms with van der Waals surface area (Å²) in [6.07, 6.45) is 2.80. The number of aryl methyl sites for hydroxylation is 2. The minimum atomic E-state index is -0.219. The summed E-state index contributed by atoms with van der Waals surface area (Å²) in [5.74, 6) is -0.0775. The smallest absolute Gasteiger partial charge is 0.253 e. The summed E-state index contributed by atoms with van der Waals surface area (Å²) in [5.41, 5.74) is 2.39. The van der Waals surface area contributed by atoms with E-state index in [1.165, 1.54) is 23.2 Å². The molecule has 18 heavy (non-hydrogen) atoms. The van der Waals surface area contributed by atoms with Gasteiger partial charge in [-0.05, 0) is 25.5 Å². The molecule has 4 nitrogen and oxygen atoms in total. The summed E-state index contributed by atoms with van der Waals surface area (Å²) in [4.78, 5) is 27.5. The van der Waals surface area contributed by atoms with Gasteiger partial charge in [0, 0.05) is 17.8 Å². The van der Waals surface area contributed by atoms with Crippen molar-refractivity contribution >= 4 is 5.78 Å². The van der Waals surface area contributed by atoms with Gasteiger partial charge in [0.2, 0.25) is 0 Å². The first-order valence-corrected chi connectivity index (χ1v) is 5.69. The topological polar surface area (TPSA) is 52.0 Å². The highest BCUT2D eigenvalue weighted by Crippen LogP contribution is 2.11. The molecule has 0 fully saturated rings. The molecule has 0 aliphatic heterocycles. The zero-order chi connectivity index (χ0) is 13.1. The quantitative estimate of drug-likeness (QED) is 0.770. The summed E-state index contributed by atoms with van der Waals surface area (Å²) < 4.78 is 1.31. The van der Waals surface area contributed by atoms with E-state index in [0.717, 1.165) is 11.1 Å². The zero-order valence-electron chi connectivity index (χ0n) is 10.4. The Hall–Kier alpha value is -2.23. The maximum atomic E-state index is 12.2. The molecule has 1 aromatic carbocycles. The van der Waals surface area contributed by atoms with Gasteiger partial charge in [-0.1, -0.05) is 17.7 Å². The van der Waals surface area contributed by atoms with Crippen LogP contribution >= 0.6 is 0 Å². The van der Waals surface area contributed by atoms with Crippen molar-refractivity contribution in [2.45, 2.75) is 20.4 Å². The van der Waals surface area contributed by atoms with Crippen molar-refractivity contribution < 1.29 is 4.79 Å². The maximum Gasteiger partial charge on any atom is 0.253 e. The van der Waals surface area contributed by atoms with Crippen molar-refractivity contribution in [3.05, 3.63) is 63.8 Å². The Kier molecular flexibility index (Phi) is 3.37. The third-order valence-electron chi connectivity index (χ3n) is 2.80. The van der Waals surface area contributed by atoms with Crippen molar-refractivity contribution in [2.24, 2.45) is 0 Å². The van der Waals surface area contributed by atoms with Crippen molar-refractivity contribution in [3.63, 3.8) is 0 Å². The minimum Gasteiger partial charge on any atom is -0.292 e. The normalized spacial score (nSPS) is 10.3. The Bertz CT molecular complexity index is 644. The number of hydrogen-bond acceptors (Lipinski definition) is 3. The van der Waals surface area contributed by atoms with Gasteiger partial charge in [0.1, 0.15) is 0 Å². The number of Topliss-reactive ketones (excluding diaryl/α,β-unsaturated/α-hetero) is 1. The van der Waals surface area contributed by atoms with E-state index in [9.17, 15) is 9.59 Å². The lowest BCUT2D eigenvalue weighted by atomic mass is 10.0. The summed E-state index contributed by atoms with van der Waals surface area (Å²) in [5, 5.41) is 0. The number of rotatable bonds is 3. The first kappa shape index (κ1) is 12.2. The molecular weight excluding hydrogens is 228 g/mol. The van der Waals surface area contributed by atoms with Crippen LogP contribution < -0.4 is 5.56 Å². The predicted octanol–water partition coefficient (Wildman–Crippen LogP) is 1.74. The van der Waals surface area contributed by atoms with Crippen LogP contribution in [0.4, 0.5) is 0 Å². The SMILES string of the molecule is Cc1ccc(C)c(C(=O)Cn2cnccc2=O)c1. The van der Waals surface area contributed by atoms with E-state index in [0.29, 0.717) is 5.56 Å². The average molecular weight is 242 g/mol. The van der Waals surface area contributed by atoms with E-state index in [2.05, 4.69) is 4.98 Å². The van der Waals surface area contributed by atoms with E-state index in [1.54, 1.807) is 0 Å². The average Bonchev–Trinajstić information content (AvgIpc) is 2.35. The van der Waals surface area contributed by atoms with E-state index in [-0.39, 0.29) is 17.9 Å². The molecule has 0 spiro atoms. The number of benzene rings is 1. The van der Waals surface area contributed by atoms with Crippen molar-refractivity contribution in [2.75, 3.05) is 0 Å². The second-order valence-electron chi connectivity index (χ2n) is 4.29. The molecular formula is C14H14N2O2. The van der Waals surface area contributed by atoms with Crippen LogP contribution in [0.2, 0.25) is 0 Å². The van der Waals surface area contributed by atoms with Gasteiger partial charge in [-0.15, -0.1) is 0 Å². The lowest BCUT2D eigenvalue weighted by Gasteiger charge is -2.07. The van der Waals surface area contributed by atoms with E-state index >= 15 is 0 Å². The van der Waals surface area contributed by atoms with E-state index in [4.69, 9.17) is 0 Å². The summed E-state index contributed by atoms with van der Waals surface area (Å²) in [6, 6.07) is 7.06. The molecule has 2 rings (SSSR count). The molecule has 0 bridgehead atoms.